The Hall–Kier alpha value is -3.99. The van der Waals surface area contributed by atoms with Crippen LogP contribution in [0.2, 0.25) is 0 Å². The van der Waals surface area contributed by atoms with Crippen LogP contribution in [0.25, 0.3) is 10.9 Å². The molecule has 2 aliphatic heterocycles. The van der Waals surface area contributed by atoms with Gasteiger partial charge in [0.1, 0.15) is 5.82 Å². The van der Waals surface area contributed by atoms with E-state index < -0.39 is 0 Å². The molecular formula is C32H44N6O5. The van der Waals surface area contributed by atoms with Gasteiger partial charge in [0, 0.05) is 62.1 Å². The zero-order valence-electron chi connectivity index (χ0n) is 25.8. The first-order valence-corrected chi connectivity index (χ1v) is 15.2. The fraction of sp³-hybridized carbons (Fsp3) is 0.531. The Morgan fingerprint density at radius 2 is 1.84 bits per heavy atom. The molecule has 232 valence electrons. The van der Waals surface area contributed by atoms with Gasteiger partial charge >= 0.3 is 0 Å². The number of rotatable bonds is 5. The first-order chi connectivity index (χ1) is 20.9. The second-order valence-corrected chi connectivity index (χ2v) is 11.3. The fourth-order valence-corrected chi connectivity index (χ4v) is 6.24. The van der Waals surface area contributed by atoms with Crippen LogP contribution >= 0.6 is 0 Å². The summed E-state index contributed by atoms with van der Waals surface area (Å²) >= 11 is 0. The quantitative estimate of drug-likeness (QED) is 0.462. The molecule has 1 aromatic carbocycles. The maximum Gasteiger partial charge on any atom is 0.255 e. The second kappa shape index (κ2) is 14.0. The number of pyridine rings is 1. The smallest absolute Gasteiger partial charge is 0.255 e. The van der Waals surface area contributed by atoms with Crippen molar-refractivity contribution < 1.29 is 23.8 Å². The highest BCUT2D eigenvalue weighted by molar-refractivity contribution is 5.96. The van der Waals surface area contributed by atoms with Crippen LogP contribution in [0.4, 0.5) is 5.82 Å². The number of carbonyl (C=O) groups excluding carboxylic acids is 2. The molecule has 1 fully saturated rings. The zero-order chi connectivity index (χ0) is 30.3. The lowest BCUT2D eigenvalue weighted by molar-refractivity contribution is -0.122. The number of aromatic amines is 1. The van der Waals surface area contributed by atoms with E-state index in [0.29, 0.717) is 35.9 Å². The van der Waals surface area contributed by atoms with Gasteiger partial charge < -0.3 is 34.3 Å². The van der Waals surface area contributed by atoms with Crippen molar-refractivity contribution in [1.29, 1.82) is 0 Å². The summed E-state index contributed by atoms with van der Waals surface area (Å²) in [7, 11) is 4.87. The minimum atomic E-state index is -0.124. The average Bonchev–Trinajstić information content (AvgIpc) is 3.58. The predicted molar refractivity (Wildman–Crippen MR) is 166 cm³/mol. The number of ether oxygens (including phenoxy) is 3. The molecule has 1 unspecified atom stereocenters. The van der Waals surface area contributed by atoms with E-state index in [1.165, 1.54) is 0 Å². The predicted octanol–water partition coefficient (Wildman–Crippen LogP) is 3.68. The van der Waals surface area contributed by atoms with Crippen LogP contribution in [0.5, 0.6) is 17.2 Å². The molecule has 43 heavy (non-hydrogen) atoms. The van der Waals surface area contributed by atoms with Gasteiger partial charge in [0.05, 0.1) is 39.0 Å². The molecule has 3 aromatic rings. The monoisotopic (exact) mass is 592 g/mol. The number of H-pyrrole nitrogens is 1. The highest BCUT2D eigenvalue weighted by atomic mass is 16.5. The Balaban J connectivity index is 1.49. The van der Waals surface area contributed by atoms with Crippen LogP contribution in [-0.2, 0) is 11.3 Å². The Morgan fingerprint density at radius 3 is 2.56 bits per heavy atom. The molecule has 1 saturated heterocycles. The summed E-state index contributed by atoms with van der Waals surface area (Å²) in [6, 6.07) is 5.85. The Labute approximate surface area is 253 Å². The topological polar surface area (TPSA) is 112 Å². The Kier molecular flexibility index (Phi) is 9.91. The summed E-state index contributed by atoms with van der Waals surface area (Å²) in [5.41, 5.74) is 2.48. The van der Waals surface area contributed by atoms with Gasteiger partial charge in [-0.05, 0) is 56.8 Å². The highest BCUT2D eigenvalue weighted by Crippen LogP contribution is 2.44. The van der Waals surface area contributed by atoms with Crippen molar-refractivity contribution in [2.45, 2.75) is 39.2 Å². The van der Waals surface area contributed by atoms with Crippen molar-refractivity contribution >= 4 is 28.5 Å². The number of methoxy groups -OCH3 is 3. The number of anilines is 1. The van der Waals surface area contributed by atoms with Crippen LogP contribution in [0.15, 0.2) is 30.6 Å². The number of aromatic nitrogens is 2. The number of nitrogens with one attached hydrogen (secondary N) is 2. The molecule has 2 N–H and O–H groups in total. The molecule has 0 aliphatic carbocycles. The van der Waals surface area contributed by atoms with Gasteiger partial charge in [-0.15, -0.1) is 0 Å². The molecule has 11 nitrogen and oxygen atoms in total. The standard InChI is InChI=1S/C32H44N6O5/c1-5-36-12-6-7-13-38(32(40)23-10-11-33-18-23)21-28(39)34-17-22-9-8-14-37(19-22)31-24(20-36)15-25-26(35-31)16-27(41-2)30(43-4)29(25)42-3/h10-11,15-16,18,22,33H,5-9,12-14,17,19-21H2,1-4H3,(H,34,39). The van der Waals surface area contributed by atoms with Gasteiger partial charge in [0.2, 0.25) is 11.7 Å². The Bertz CT molecular complexity index is 1410. The molecule has 2 aliphatic rings. The zero-order valence-corrected chi connectivity index (χ0v) is 25.8. The van der Waals surface area contributed by atoms with Gasteiger partial charge in [0.15, 0.2) is 11.5 Å². The van der Waals surface area contributed by atoms with Crippen LogP contribution in [-0.4, -0.2) is 98.7 Å². The fourth-order valence-electron chi connectivity index (χ4n) is 6.24. The maximum atomic E-state index is 13.2. The van der Waals surface area contributed by atoms with E-state index in [2.05, 4.69) is 33.1 Å². The number of benzene rings is 1. The Morgan fingerprint density at radius 1 is 1.02 bits per heavy atom. The van der Waals surface area contributed by atoms with Crippen molar-refractivity contribution in [2.24, 2.45) is 5.92 Å². The van der Waals surface area contributed by atoms with Gasteiger partial charge in [0.25, 0.3) is 5.91 Å². The van der Waals surface area contributed by atoms with E-state index in [0.717, 1.165) is 80.7 Å². The summed E-state index contributed by atoms with van der Waals surface area (Å²) in [4.78, 5) is 40.9. The molecule has 5 rings (SSSR count). The molecule has 0 spiro atoms. The number of fused-ring (bicyclic) bond motifs is 5. The lowest BCUT2D eigenvalue weighted by Gasteiger charge is -2.36. The van der Waals surface area contributed by atoms with Crippen molar-refractivity contribution in [3.8, 4) is 17.2 Å². The molecule has 1 atom stereocenters. The van der Waals surface area contributed by atoms with Gasteiger partial charge in [-0.25, -0.2) is 4.98 Å². The van der Waals surface area contributed by atoms with Crippen molar-refractivity contribution in [1.82, 2.24) is 25.1 Å². The number of hydrogen-bond acceptors (Lipinski definition) is 8. The van der Waals surface area contributed by atoms with Crippen molar-refractivity contribution in [2.75, 3.05) is 72.0 Å². The molecule has 4 heterocycles. The van der Waals surface area contributed by atoms with E-state index in [1.54, 1.807) is 44.7 Å². The third-order valence-corrected chi connectivity index (χ3v) is 8.55. The van der Waals surface area contributed by atoms with Crippen LogP contribution < -0.4 is 24.4 Å². The summed E-state index contributed by atoms with van der Waals surface area (Å²) in [6.45, 7) is 7.45. The van der Waals surface area contributed by atoms with E-state index in [-0.39, 0.29) is 24.3 Å². The summed E-state index contributed by atoms with van der Waals surface area (Å²) in [5, 5.41) is 4.00. The van der Waals surface area contributed by atoms with E-state index in [4.69, 9.17) is 19.2 Å². The number of hydrogen-bond donors (Lipinski definition) is 2. The number of amides is 2. The minimum Gasteiger partial charge on any atom is -0.493 e. The van der Waals surface area contributed by atoms with E-state index in [1.807, 2.05) is 6.07 Å². The SMILES string of the molecule is CCN1CCCCN(C(=O)c2cc[nH]c2)CC(=O)NCC2CCCN(C2)c2nc3cc(OC)c(OC)c(OC)c3cc2C1. The van der Waals surface area contributed by atoms with Gasteiger partial charge in [-0.3, -0.25) is 14.5 Å². The third kappa shape index (κ3) is 6.82. The van der Waals surface area contributed by atoms with Crippen LogP contribution in [0, 0.1) is 5.92 Å². The van der Waals surface area contributed by atoms with Crippen LogP contribution in [0.3, 0.4) is 0 Å². The molecule has 0 saturated carbocycles. The van der Waals surface area contributed by atoms with E-state index in [9.17, 15) is 9.59 Å². The molecular weight excluding hydrogens is 548 g/mol. The lowest BCUT2D eigenvalue weighted by atomic mass is 9.97. The van der Waals surface area contributed by atoms with Gasteiger partial charge in [-0.2, -0.15) is 0 Å². The first-order valence-electron chi connectivity index (χ1n) is 15.2. The van der Waals surface area contributed by atoms with Gasteiger partial charge in [-0.1, -0.05) is 6.92 Å². The maximum absolute atomic E-state index is 13.2. The van der Waals surface area contributed by atoms with E-state index >= 15 is 0 Å². The summed E-state index contributed by atoms with van der Waals surface area (Å²) in [6.07, 6.45) is 7.13. The number of carbonyl (C=O) groups is 2. The largest absolute Gasteiger partial charge is 0.493 e. The van der Waals surface area contributed by atoms with Crippen molar-refractivity contribution in [3.05, 3.63) is 41.7 Å². The summed E-state index contributed by atoms with van der Waals surface area (Å²) < 4.78 is 17.1. The normalized spacial score (nSPS) is 19.1. The average molecular weight is 593 g/mol. The highest BCUT2D eigenvalue weighted by Gasteiger charge is 2.27. The molecule has 2 bridgehead atoms. The third-order valence-electron chi connectivity index (χ3n) is 8.55. The lowest BCUT2D eigenvalue weighted by Crippen LogP contribution is -2.45. The molecule has 2 amide bonds. The molecule has 2 aromatic heterocycles. The summed E-state index contributed by atoms with van der Waals surface area (Å²) in [5.74, 6) is 2.72. The number of nitrogens with zero attached hydrogens (tertiary/aromatic N) is 4. The first kappa shape index (κ1) is 30.5. The second-order valence-electron chi connectivity index (χ2n) is 11.3. The molecule has 0 radical (unpaired) electrons. The van der Waals surface area contributed by atoms with Crippen LogP contribution in [0.1, 0.15) is 48.5 Å². The minimum absolute atomic E-state index is 0.0570. The van der Waals surface area contributed by atoms with Crippen molar-refractivity contribution in [3.63, 3.8) is 0 Å². The number of piperidine rings is 1. The molecule has 11 heteroatoms.